The zero-order valence-corrected chi connectivity index (χ0v) is 8.93. The van der Waals surface area contributed by atoms with Crippen LogP contribution in [0, 0.1) is 0 Å². The second-order valence-electron chi connectivity index (χ2n) is 3.59. The number of rotatable bonds is 4. The summed E-state index contributed by atoms with van der Waals surface area (Å²) < 4.78 is 0. The fraction of sp³-hybridized carbons (Fsp3) is 0.273. The molecule has 1 aromatic rings. The molecular formula is C11H14N2O3. The third-order valence-electron chi connectivity index (χ3n) is 2.20. The van der Waals surface area contributed by atoms with Crippen LogP contribution in [0.4, 0.5) is 0 Å². The molecule has 0 saturated carbocycles. The molecular weight excluding hydrogens is 208 g/mol. The Morgan fingerprint density at radius 3 is 2.44 bits per heavy atom. The molecule has 0 spiro atoms. The summed E-state index contributed by atoms with van der Waals surface area (Å²) in [4.78, 5) is 22.1. The number of aliphatic hydroxyl groups is 1. The van der Waals surface area contributed by atoms with E-state index in [1.165, 1.54) is 6.92 Å². The smallest absolute Gasteiger partial charge is 0.256 e. The molecule has 0 aromatic heterocycles. The van der Waals surface area contributed by atoms with Crippen LogP contribution in [0.1, 0.15) is 12.5 Å². The van der Waals surface area contributed by atoms with Crippen LogP contribution in [0.3, 0.4) is 0 Å². The van der Waals surface area contributed by atoms with Gasteiger partial charge < -0.3 is 16.2 Å². The maximum absolute atomic E-state index is 11.6. The second-order valence-corrected chi connectivity index (χ2v) is 3.59. The molecule has 2 amide bonds. The minimum absolute atomic E-state index is 0.290. The first kappa shape index (κ1) is 12.2. The lowest BCUT2D eigenvalue weighted by Crippen LogP contribution is -2.45. The molecule has 4 N–H and O–H groups in total. The molecule has 1 atom stereocenters. The fourth-order valence-electron chi connectivity index (χ4n) is 1.23. The van der Waals surface area contributed by atoms with Crippen molar-refractivity contribution in [2.45, 2.75) is 12.5 Å². The van der Waals surface area contributed by atoms with E-state index in [1.807, 2.05) is 0 Å². The van der Waals surface area contributed by atoms with Crippen molar-refractivity contribution in [3.8, 4) is 0 Å². The molecule has 0 aliphatic rings. The van der Waals surface area contributed by atoms with E-state index < -0.39 is 17.4 Å². The van der Waals surface area contributed by atoms with Crippen molar-refractivity contribution in [1.29, 1.82) is 0 Å². The first-order valence-corrected chi connectivity index (χ1v) is 4.79. The van der Waals surface area contributed by atoms with E-state index >= 15 is 0 Å². The third kappa shape index (κ3) is 2.80. The van der Waals surface area contributed by atoms with Crippen LogP contribution >= 0.6 is 0 Å². The number of nitrogens with one attached hydrogen (secondary N) is 1. The summed E-state index contributed by atoms with van der Waals surface area (Å²) in [5.41, 5.74) is 3.67. The normalized spacial score (nSPS) is 13.9. The highest BCUT2D eigenvalue weighted by atomic mass is 16.3. The van der Waals surface area contributed by atoms with Gasteiger partial charge in [-0.25, -0.2) is 0 Å². The van der Waals surface area contributed by atoms with E-state index in [1.54, 1.807) is 30.3 Å². The summed E-state index contributed by atoms with van der Waals surface area (Å²) in [6.07, 6.45) is 0. The molecule has 16 heavy (non-hydrogen) atoms. The van der Waals surface area contributed by atoms with Gasteiger partial charge in [-0.3, -0.25) is 9.59 Å². The van der Waals surface area contributed by atoms with Crippen LogP contribution in [-0.4, -0.2) is 23.5 Å². The average Bonchev–Trinajstić information content (AvgIpc) is 2.27. The summed E-state index contributed by atoms with van der Waals surface area (Å²) in [6, 6.07) is 8.46. The topological polar surface area (TPSA) is 92.4 Å². The Balaban J connectivity index is 2.78. The predicted octanol–water partition coefficient (Wildman–Crippen LogP) is -0.504. The van der Waals surface area contributed by atoms with E-state index in [4.69, 9.17) is 5.73 Å². The van der Waals surface area contributed by atoms with E-state index in [0.717, 1.165) is 0 Å². The summed E-state index contributed by atoms with van der Waals surface area (Å²) in [5.74, 6) is -1.31. The molecule has 0 fully saturated rings. The lowest BCUT2D eigenvalue weighted by atomic mass is 9.95. The summed E-state index contributed by atoms with van der Waals surface area (Å²) in [6.45, 7) is 1.07. The van der Waals surface area contributed by atoms with Crippen molar-refractivity contribution in [2.24, 2.45) is 5.73 Å². The number of hydrogen-bond acceptors (Lipinski definition) is 3. The quantitative estimate of drug-likeness (QED) is 0.641. The van der Waals surface area contributed by atoms with Crippen LogP contribution in [0.25, 0.3) is 0 Å². The van der Waals surface area contributed by atoms with Gasteiger partial charge in [0.15, 0.2) is 5.60 Å². The standard InChI is InChI=1S/C11H14N2O3/c1-11(16,8-5-3-2-4-6-8)10(15)13-7-9(12)14/h2-6,16H,7H2,1H3,(H2,12,14)(H,13,15)/t11-/m1/s1. The Labute approximate surface area is 93.3 Å². The van der Waals surface area contributed by atoms with Crippen LogP contribution < -0.4 is 11.1 Å². The van der Waals surface area contributed by atoms with Gasteiger partial charge in [0, 0.05) is 0 Å². The largest absolute Gasteiger partial charge is 0.376 e. The molecule has 0 heterocycles. The Kier molecular flexibility index (Phi) is 3.63. The summed E-state index contributed by atoms with van der Waals surface area (Å²) in [7, 11) is 0. The van der Waals surface area contributed by atoms with E-state index in [2.05, 4.69) is 5.32 Å². The number of benzene rings is 1. The molecule has 0 bridgehead atoms. The summed E-state index contributed by atoms with van der Waals surface area (Å²) >= 11 is 0. The number of carbonyl (C=O) groups excluding carboxylic acids is 2. The molecule has 86 valence electrons. The van der Waals surface area contributed by atoms with Crippen molar-refractivity contribution in [2.75, 3.05) is 6.54 Å². The lowest BCUT2D eigenvalue weighted by molar-refractivity contribution is -0.140. The maximum Gasteiger partial charge on any atom is 0.256 e. The molecule has 1 rings (SSSR count). The molecule has 0 unspecified atom stereocenters. The highest BCUT2D eigenvalue weighted by molar-refractivity contribution is 5.89. The van der Waals surface area contributed by atoms with E-state index in [0.29, 0.717) is 5.56 Å². The van der Waals surface area contributed by atoms with Gasteiger partial charge in [-0.05, 0) is 12.5 Å². The van der Waals surface area contributed by atoms with Crippen molar-refractivity contribution in [3.63, 3.8) is 0 Å². The van der Waals surface area contributed by atoms with Gasteiger partial charge >= 0.3 is 0 Å². The minimum atomic E-state index is -1.67. The third-order valence-corrected chi connectivity index (χ3v) is 2.20. The Bertz CT molecular complexity index is 387. The molecule has 5 heteroatoms. The number of hydrogen-bond donors (Lipinski definition) is 3. The molecule has 0 aliphatic heterocycles. The maximum atomic E-state index is 11.6. The van der Waals surface area contributed by atoms with Gasteiger partial charge in [0.1, 0.15) is 0 Å². The fourth-order valence-corrected chi connectivity index (χ4v) is 1.23. The molecule has 5 nitrogen and oxygen atoms in total. The highest BCUT2D eigenvalue weighted by Gasteiger charge is 2.31. The van der Waals surface area contributed by atoms with E-state index in [9.17, 15) is 14.7 Å². The summed E-state index contributed by atoms with van der Waals surface area (Å²) in [5, 5.41) is 12.3. The van der Waals surface area contributed by atoms with Crippen molar-refractivity contribution >= 4 is 11.8 Å². The zero-order valence-electron chi connectivity index (χ0n) is 8.93. The minimum Gasteiger partial charge on any atom is -0.376 e. The van der Waals surface area contributed by atoms with Gasteiger partial charge in [0.2, 0.25) is 5.91 Å². The first-order chi connectivity index (χ1) is 7.44. The molecule has 1 aromatic carbocycles. The Morgan fingerprint density at radius 1 is 1.38 bits per heavy atom. The molecule has 0 saturated heterocycles. The SMILES string of the molecule is C[C@](O)(C(=O)NCC(N)=O)c1ccccc1. The van der Waals surface area contributed by atoms with Gasteiger partial charge in [-0.15, -0.1) is 0 Å². The number of nitrogens with two attached hydrogens (primary N) is 1. The van der Waals surface area contributed by atoms with Crippen molar-refractivity contribution < 1.29 is 14.7 Å². The first-order valence-electron chi connectivity index (χ1n) is 4.79. The van der Waals surface area contributed by atoms with Crippen LogP contribution in [0.5, 0.6) is 0 Å². The van der Waals surface area contributed by atoms with Crippen LogP contribution in [0.15, 0.2) is 30.3 Å². The number of primary amides is 1. The second kappa shape index (κ2) is 4.76. The lowest BCUT2D eigenvalue weighted by Gasteiger charge is -2.22. The molecule has 0 aliphatic carbocycles. The number of amides is 2. The van der Waals surface area contributed by atoms with Gasteiger partial charge in [0.05, 0.1) is 6.54 Å². The highest BCUT2D eigenvalue weighted by Crippen LogP contribution is 2.19. The Hall–Kier alpha value is -1.88. The van der Waals surface area contributed by atoms with Crippen LogP contribution in [-0.2, 0) is 15.2 Å². The van der Waals surface area contributed by atoms with Gasteiger partial charge in [-0.1, -0.05) is 30.3 Å². The average molecular weight is 222 g/mol. The van der Waals surface area contributed by atoms with Gasteiger partial charge in [-0.2, -0.15) is 0 Å². The van der Waals surface area contributed by atoms with E-state index in [-0.39, 0.29) is 6.54 Å². The van der Waals surface area contributed by atoms with Crippen molar-refractivity contribution in [3.05, 3.63) is 35.9 Å². The monoisotopic (exact) mass is 222 g/mol. The predicted molar refractivity (Wildman–Crippen MR) is 58.2 cm³/mol. The molecule has 0 radical (unpaired) electrons. The van der Waals surface area contributed by atoms with Crippen LogP contribution in [0.2, 0.25) is 0 Å². The number of carbonyl (C=O) groups is 2. The van der Waals surface area contributed by atoms with Gasteiger partial charge in [0.25, 0.3) is 5.91 Å². The Morgan fingerprint density at radius 2 is 1.94 bits per heavy atom. The van der Waals surface area contributed by atoms with Crippen molar-refractivity contribution in [1.82, 2.24) is 5.32 Å². The zero-order chi connectivity index (χ0) is 12.2.